The normalized spacial score (nSPS) is 25.9. The Hall–Kier alpha value is -2.12. The molecular formula is C20H20BrN3O2S. The number of hydrogen-bond donors (Lipinski definition) is 1. The number of anilines is 1. The third-order valence-electron chi connectivity index (χ3n) is 5.18. The number of benzene rings is 2. The summed E-state index contributed by atoms with van der Waals surface area (Å²) in [6, 6.07) is 15.4. The summed E-state index contributed by atoms with van der Waals surface area (Å²) in [6.45, 7) is 1.94. The number of nitrogens with zero attached hydrogens (tertiary/aromatic N) is 2. The van der Waals surface area contributed by atoms with E-state index in [4.69, 9.17) is 17.0 Å². The van der Waals surface area contributed by atoms with E-state index in [2.05, 4.69) is 21.2 Å². The molecule has 0 radical (unpaired) electrons. The summed E-state index contributed by atoms with van der Waals surface area (Å²) in [5.74, 6) is 0.273. The number of thiocarbonyl (C=S) groups is 1. The van der Waals surface area contributed by atoms with Crippen LogP contribution in [0.2, 0.25) is 0 Å². The molecule has 2 aliphatic heterocycles. The molecule has 2 aliphatic rings. The lowest BCUT2D eigenvalue weighted by Gasteiger charge is -2.56. The molecule has 0 saturated carbocycles. The standard InChI is InChI=1S/C20H20BrN3O2S/c1-20-16(18(25)23(2)3)17(14-11-12(21)9-10-15(14)26-20)22-19(27)24(20)13-7-5-4-6-8-13/h4-11,16-17H,1-3H3,(H,22,27)/t16-,17+,20+/m1/s1. The van der Waals surface area contributed by atoms with Gasteiger partial charge in [0.25, 0.3) is 0 Å². The van der Waals surface area contributed by atoms with E-state index in [0.29, 0.717) is 5.11 Å². The summed E-state index contributed by atoms with van der Waals surface area (Å²) in [7, 11) is 3.53. The largest absolute Gasteiger partial charge is 0.467 e. The third kappa shape index (κ3) is 2.80. The first-order valence-electron chi connectivity index (χ1n) is 8.68. The van der Waals surface area contributed by atoms with E-state index in [-0.39, 0.29) is 11.9 Å². The smallest absolute Gasteiger partial charge is 0.233 e. The lowest BCUT2D eigenvalue weighted by Crippen LogP contribution is -2.72. The molecule has 27 heavy (non-hydrogen) atoms. The number of carbonyl (C=O) groups is 1. The highest BCUT2D eigenvalue weighted by atomic mass is 79.9. The summed E-state index contributed by atoms with van der Waals surface area (Å²) in [5.41, 5.74) is 0.862. The van der Waals surface area contributed by atoms with E-state index in [1.54, 1.807) is 19.0 Å². The van der Waals surface area contributed by atoms with Gasteiger partial charge in [-0.2, -0.15) is 0 Å². The maximum atomic E-state index is 13.2. The second kappa shape index (κ2) is 6.49. The summed E-state index contributed by atoms with van der Waals surface area (Å²) in [5, 5.41) is 3.94. The van der Waals surface area contributed by atoms with Gasteiger partial charge in [-0.15, -0.1) is 0 Å². The molecule has 0 spiro atoms. The van der Waals surface area contributed by atoms with Gasteiger partial charge in [0.2, 0.25) is 5.91 Å². The molecule has 140 valence electrons. The number of nitrogens with one attached hydrogen (secondary N) is 1. The molecule has 4 rings (SSSR count). The van der Waals surface area contributed by atoms with Gasteiger partial charge < -0.3 is 15.0 Å². The van der Waals surface area contributed by atoms with Crippen molar-refractivity contribution in [3.8, 4) is 5.75 Å². The quantitative estimate of drug-likeness (QED) is 0.713. The Bertz CT molecular complexity index is 921. The van der Waals surface area contributed by atoms with Gasteiger partial charge >= 0.3 is 0 Å². The first kappa shape index (κ1) is 18.3. The minimum absolute atomic E-state index is 0.0101. The molecule has 1 N–H and O–H groups in total. The fourth-order valence-corrected chi connectivity index (χ4v) is 4.77. The molecule has 0 aliphatic carbocycles. The Morgan fingerprint density at radius 1 is 1.26 bits per heavy atom. The number of fused-ring (bicyclic) bond motifs is 4. The van der Waals surface area contributed by atoms with E-state index >= 15 is 0 Å². The number of amides is 1. The maximum Gasteiger partial charge on any atom is 0.233 e. The highest BCUT2D eigenvalue weighted by Crippen LogP contribution is 2.50. The predicted octanol–water partition coefficient (Wildman–Crippen LogP) is 3.70. The molecule has 2 bridgehead atoms. The molecule has 1 saturated heterocycles. The van der Waals surface area contributed by atoms with Crippen molar-refractivity contribution < 1.29 is 9.53 Å². The monoisotopic (exact) mass is 445 g/mol. The lowest BCUT2D eigenvalue weighted by atomic mass is 9.78. The molecule has 3 atom stereocenters. The van der Waals surface area contributed by atoms with Crippen molar-refractivity contribution in [2.24, 2.45) is 5.92 Å². The number of ether oxygens (including phenoxy) is 1. The van der Waals surface area contributed by atoms with Crippen molar-refractivity contribution >= 4 is 44.9 Å². The highest BCUT2D eigenvalue weighted by molar-refractivity contribution is 9.10. The van der Waals surface area contributed by atoms with E-state index in [0.717, 1.165) is 21.5 Å². The average molecular weight is 446 g/mol. The summed E-state index contributed by atoms with van der Waals surface area (Å²) >= 11 is 9.22. The summed E-state index contributed by atoms with van der Waals surface area (Å²) in [4.78, 5) is 16.7. The van der Waals surface area contributed by atoms with E-state index in [1.807, 2.05) is 60.4 Å². The number of carbonyl (C=O) groups excluding carboxylic acids is 1. The van der Waals surface area contributed by atoms with Gasteiger partial charge in [0.1, 0.15) is 11.7 Å². The molecule has 2 heterocycles. The third-order valence-corrected chi connectivity index (χ3v) is 5.97. The minimum Gasteiger partial charge on any atom is -0.467 e. The van der Waals surface area contributed by atoms with Gasteiger partial charge in [0.15, 0.2) is 10.8 Å². The first-order valence-corrected chi connectivity index (χ1v) is 9.88. The second-order valence-corrected chi connectivity index (χ2v) is 8.45. The highest BCUT2D eigenvalue weighted by Gasteiger charge is 2.59. The maximum absolute atomic E-state index is 13.2. The van der Waals surface area contributed by atoms with Crippen LogP contribution >= 0.6 is 28.1 Å². The number of hydrogen-bond acceptors (Lipinski definition) is 3. The van der Waals surface area contributed by atoms with Crippen LogP contribution in [0.15, 0.2) is 53.0 Å². The molecular weight excluding hydrogens is 426 g/mol. The number of para-hydroxylation sites is 1. The Morgan fingerprint density at radius 2 is 1.96 bits per heavy atom. The molecule has 0 unspecified atom stereocenters. The summed E-state index contributed by atoms with van der Waals surface area (Å²) in [6.07, 6.45) is 0. The molecule has 5 nitrogen and oxygen atoms in total. The van der Waals surface area contributed by atoms with Crippen LogP contribution in [0.3, 0.4) is 0 Å². The van der Waals surface area contributed by atoms with E-state index < -0.39 is 11.6 Å². The molecule has 1 fully saturated rings. The fraction of sp³-hybridized carbons (Fsp3) is 0.300. The Morgan fingerprint density at radius 3 is 2.63 bits per heavy atom. The minimum atomic E-state index is -0.948. The van der Waals surface area contributed by atoms with Crippen LogP contribution in [0.25, 0.3) is 0 Å². The molecule has 7 heteroatoms. The molecule has 2 aromatic carbocycles. The Kier molecular flexibility index (Phi) is 4.39. The van der Waals surface area contributed by atoms with Crippen LogP contribution in [-0.4, -0.2) is 35.7 Å². The van der Waals surface area contributed by atoms with E-state index in [9.17, 15) is 4.79 Å². The van der Waals surface area contributed by atoms with Crippen LogP contribution in [0.1, 0.15) is 18.5 Å². The van der Waals surface area contributed by atoms with Crippen LogP contribution in [0.5, 0.6) is 5.75 Å². The molecule has 1 amide bonds. The van der Waals surface area contributed by atoms with Crippen molar-refractivity contribution in [1.29, 1.82) is 0 Å². The average Bonchev–Trinajstić information content (AvgIpc) is 2.62. The van der Waals surface area contributed by atoms with Crippen molar-refractivity contribution in [1.82, 2.24) is 10.2 Å². The lowest BCUT2D eigenvalue weighted by molar-refractivity contribution is -0.144. The van der Waals surface area contributed by atoms with Crippen molar-refractivity contribution in [3.63, 3.8) is 0 Å². The summed E-state index contributed by atoms with van der Waals surface area (Å²) < 4.78 is 7.43. The van der Waals surface area contributed by atoms with Crippen LogP contribution in [0.4, 0.5) is 5.69 Å². The van der Waals surface area contributed by atoms with Gasteiger partial charge in [0, 0.05) is 29.8 Å². The number of rotatable bonds is 2. The Labute approximate surface area is 172 Å². The van der Waals surface area contributed by atoms with Gasteiger partial charge in [-0.3, -0.25) is 9.69 Å². The van der Waals surface area contributed by atoms with Gasteiger partial charge in [-0.25, -0.2) is 0 Å². The fourth-order valence-electron chi connectivity index (χ4n) is 3.98. The molecule has 2 aromatic rings. The van der Waals surface area contributed by atoms with Gasteiger partial charge in [0.05, 0.1) is 6.04 Å². The molecule has 0 aromatic heterocycles. The van der Waals surface area contributed by atoms with Crippen LogP contribution in [0, 0.1) is 5.92 Å². The van der Waals surface area contributed by atoms with Gasteiger partial charge in [-0.05, 0) is 49.5 Å². The van der Waals surface area contributed by atoms with E-state index in [1.165, 1.54) is 0 Å². The zero-order chi connectivity index (χ0) is 19.3. The van der Waals surface area contributed by atoms with Crippen molar-refractivity contribution in [2.45, 2.75) is 18.7 Å². The number of halogens is 1. The van der Waals surface area contributed by atoms with Crippen LogP contribution < -0.4 is 15.0 Å². The SMILES string of the molecule is CN(C)C(=O)[C@H]1[C@H]2NC(=S)N(c3ccccc3)[C@@]1(C)Oc1ccc(Br)cc12. The van der Waals surface area contributed by atoms with Crippen molar-refractivity contribution in [2.75, 3.05) is 19.0 Å². The first-order chi connectivity index (χ1) is 12.8. The Balaban J connectivity index is 1.93. The predicted molar refractivity (Wildman–Crippen MR) is 113 cm³/mol. The topological polar surface area (TPSA) is 44.8 Å². The van der Waals surface area contributed by atoms with Crippen LogP contribution in [-0.2, 0) is 4.79 Å². The van der Waals surface area contributed by atoms with Gasteiger partial charge in [-0.1, -0.05) is 34.1 Å². The zero-order valence-corrected chi connectivity index (χ0v) is 17.7. The van der Waals surface area contributed by atoms with Crippen molar-refractivity contribution in [3.05, 3.63) is 58.6 Å². The zero-order valence-electron chi connectivity index (χ0n) is 15.3. The second-order valence-electron chi connectivity index (χ2n) is 7.15.